The van der Waals surface area contributed by atoms with Gasteiger partial charge in [-0.3, -0.25) is 0 Å². The molecule has 0 saturated carbocycles. The van der Waals surface area contributed by atoms with Crippen LogP contribution in [0.4, 0.5) is 0 Å². The van der Waals surface area contributed by atoms with Crippen LogP contribution in [0.1, 0.15) is 34.4 Å². The van der Waals surface area contributed by atoms with Crippen molar-refractivity contribution in [1.82, 2.24) is 10.2 Å². The maximum atomic E-state index is 11.2. The lowest BCUT2D eigenvalue weighted by molar-refractivity contribution is 0.0563. The molecule has 0 saturated heterocycles. The van der Waals surface area contributed by atoms with Crippen molar-refractivity contribution < 1.29 is 18.4 Å². The molecule has 0 aliphatic carbocycles. The van der Waals surface area contributed by atoms with Gasteiger partial charge in [0.2, 0.25) is 11.7 Å². The highest BCUT2D eigenvalue weighted by Crippen LogP contribution is 2.34. The number of carbonyl (C=O) groups is 1. The number of hydrogen-bond donors (Lipinski definition) is 0. The molecular weight excluding hydrogens is 256 g/mol. The van der Waals surface area contributed by atoms with Crippen LogP contribution in [0, 0.1) is 6.92 Å². The topological polar surface area (TPSA) is 78.4 Å². The second-order valence-corrected chi connectivity index (χ2v) is 4.83. The molecule has 0 aromatic carbocycles. The molecule has 2 aromatic heterocycles. The number of hydrogen-bond acceptors (Lipinski definition) is 7. The highest BCUT2D eigenvalue weighted by atomic mass is 32.2. The average molecular weight is 268 g/mol. The standard InChI is InChI=1S/C11H12N2O4S/c1-6(18-11-13-12-7(2)16-11)8-4-5-9(17-8)10(14)15-3/h4-6H,1-3H3. The van der Waals surface area contributed by atoms with E-state index in [0.29, 0.717) is 16.9 Å². The number of thioether (sulfide) groups is 1. The van der Waals surface area contributed by atoms with Gasteiger partial charge in [0.15, 0.2) is 0 Å². The predicted molar refractivity (Wildman–Crippen MR) is 63.4 cm³/mol. The number of methoxy groups -OCH3 is 1. The lowest BCUT2D eigenvalue weighted by Crippen LogP contribution is -1.98. The van der Waals surface area contributed by atoms with Gasteiger partial charge in [0.05, 0.1) is 12.4 Å². The minimum absolute atomic E-state index is 0.0387. The Morgan fingerprint density at radius 1 is 1.39 bits per heavy atom. The van der Waals surface area contributed by atoms with Gasteiger partial charge in [0.25, 0.3) is 5.22 Å². The van der Waals surface area contributed by atoms with E-state index in [4.69, 9.17) is 8.83 Å². The van der Waals surface area contributed by atoms with E-state index in [9.17, 15) is 4.79 Å². The van der Waals surface area contributed by atoms with Crippen molar-refractivity contribution >= 4 is 17.7 Å². The summed E-state index contributed by atoms with van der Waals surface area (Å²) in [6, 6.07) is 3.31. The van der Waals surface area contributed by atoms with Crippen LogP contribution >= 0.6 is 11.8 Å². The van der Waals surface area contributed by atoms with Gasteiger partial charge in [-0.2, -0.15) is 0 Å². The Balaban J connectivity index is 2.07. The molecule has 1 unspecified atom stereocenters. The molecule has 1 atom stereocenters. The van der Waals surface area contributed by atoms with Crippen LogP contribution in [-0.2, 0) is 4.74 Å². The zero-order valence-electron chi connectivity index (χ0n) is 10.2. The van der Waals surface area contributed by atoms with Crippen LogP contribution < -0.4 is 0 Å². The van der Waals surface area contributed by atoms with Gasteiger partial charge in [-0.1, -0.05) is 11.8 Å². The lowest BCUT2D eigenvalue weighted by Gasteiger charge is -2.03. The number of aromatic nitrogens is 2. The van der Waals surface area contributed by atoms with E-state index >= 15 is 0 Å². The highest BCUT2D eigenvalue weighted by Gasteiger charge is 2.18. The number of aryl methyl sites for hydroxylation is 1. The number of nitrogens with zero attached hydrogens (tertiary/aromatic N) is 2. The molecule has 0 bridgehead atoms. The molecule has 2 rings (SSSR count). The van der Waals surface area contributed by atoms with E-state index in [1.54, 1.807) is 19.1 Å². The van der Waals surface area contributed by atoms with Crippen LogP contribution in [0.25, 0.3) is 0 Å². The Hall–Kier alpha value is -1.76. The number of ether oxygens (including phenoxy) is 1. The molecular formula is C11H12N2O4S. The second-order valence-electron chi connectivity index (χ2n) is 3.54. The first-order valence-electron chi connectivity index (χ1n) is 5.25. The summed E-state index contributed by atoms with van der Waals surface area (Å²) >= 11 is 1.36. The third kappa shape index (κ3) is 2.73. The highest BCUT2D eigenvalue weighted by molar-refractivity contribution is 7.99. The van der Waals surface area contributed by atoms with Crippen LogP contribution in [0.2, 0.25) is 0 Å². The zero-order chi connectivity index (χ0) is 13.1. The lowest BCUT2D eigenvalue weighted by atomic mass is 10.3. The van der Waals surface area contributed by atoms with Gasteiger partial charge in [0, 0.05) is 6.92 Å². The summed E-state index contributed by atoms with van der Waals surface area (Å²) in [5, 5.41) is 8.05. The number of esters is 1. The van der Waals surface area contributed by atoms with Crippen molar-refractivity contribution in [2.24, 2.45) is 0 Å². The van der Waals surface area contributed by atoms with Gasteiger partial charge in [-0.15, -0.1) is 10.2 Å². The van der Waals surface area contributed by atoms with Gasteiger partial charge < -0.3 is 13.6 Å². The van der Waals surface area contributed by atoms with Crippen molar-refractivity contribution in [3.05, 3.63) is 29.5 Å². The third-order valence-electron chi connectivity index (χ3n) is 2.20. The summed E-state index contributed by atoms with van der Waals surface area (Å²) in [7, 11) is 1.31. The van der Waals surface area contributed by atoms with Crippen LogP contribution in [0.15, 0.2) is 26.2 Å². The molecule has 7 heteroatoms. The van der Waals surface area contributed by atoms with Crippen LogP contribution in [0.5, 0.6) is 0 Å². The monoisotopic (exact) mass is 268 g/mol. The Kier molecular flexibility index (Phi) is 3.71. The van der Waals surface area contributed by atoms with E-state index in [1.165, 1.54) is 18.9 Å². The van der Waals surface area contributed by atoms with E-state index in [1.807, 2.05) is 6.92 Å². The molecule has 0 amide bonds. The maximum Gasteiger partial charge on any atom is 0.373 e. The number of carbonyl (C=O) groups excluding carboxylic acids is 1. The Morgan fingerprint density at radius 3 is 2.78 bits per heavy atom. The molecule has 0 fully saturated rings. The maximum absolute atomic E-state index is 11.2. The van der Waals surface area contributed by atoms with Gasteiger partial charge in [-0.05, 0) is 19.1 Å². The summed E-state index contributed by atoms with van der Waals surface area (Å²) in [6.07, 6.45) is 0. The largest absolute Gasteiger partial charge is 0.463 e. The quantitative estimate of drug-likeness (QED) is 0.623. The molecule has 6 nitrogen and oxygen atoms in total. The van der Waals surface area contributed by atoms with E-state index in [-0.39, 0.29) is 11.0 Å². The first kappa shape index (κ1) is 12.7. The summed E-state index contributed by atoms with van der Waals surface area (Å²) in [4.78, 5) is 11.2. The Bertz CT molecular complexity index is 549. The Morgan fingerprint density at radius 2 is 2.17 bits per heavy atom. The predicted octanol–water partition coefficient (Wildman–Crippen LogP) is 2.61. The average Bonchev–Trinajstić information content (AvgIpc) is 2.97. The Labute approximate surface area is 108 Å². The fourth-order valence-electron chi connectivity index (χ4n) is 1.32. The van der Waals surface area contributed by atoms with Crippen molar-refractivity contribution in [3.8, 4) is 0 Å². The first-order valence-corrected chi connectivity index (χ1v) is 6.13. The van der Waals surface area contributed by atoms with E-state index < -0.39 is 5.97 Å². The molecule has 2 heterocycles. The minimum Gasteiger partial charge on any atom is -0.463 e. The van der Waals surface area contributed by atoms with E-state index in [2.05, 4.69) is 14.9 Å². The van der Waals surface area contributed by atoms with Crippen molar-refractivity contribution in [3.63, 3.8) is 0 Å². The third-order valence-corrected chi connectivity index (χ3v) is 3.15. The summed E-state index contributed by atoms with van der Waals surface area (Å²) < 4.78 is 15.2. The SMILES string of the molecule is COC(=O)c1ccc(C(C)Sc2nnc(C)o2)o1. The minimum atomic E-state index is -0.493. The molecule has 18 heavy (non-hydrogen) atoms. The molecule has 0 aliphatic heterocycles. The number of furan rings is 1. The second kappa shape index (κ2) is 5.26. The normalized spacial score (nSPS) is 12.4. The fraction of sp³-hybridized carbons (Fsp3) is 0.364. The van der Waals surface area contributed by atoms with Gasteiger partial charge in [0.1, 0.15) is 5.76 Å². The van der Waals surface area contributed by atoms with Crippen molar-refractivity contribution in [1.29, 1.82) is 0 Å². The fourth-order valence-corrected chi connectivity index (χ4v) is 2.12. The zero-order valence-corrected chi connectivity index (χ0v) is 11.0. The first-order chi connectivity index (χ1) is 8.60. The van der Waals surface area contributed by atoms with E-state index in [0.717, 1.165) is 0 Å². The molecule has 2 aromatic rings. The summed E-state index contributed by atoms with van der Waals surface area (Å²) in [5.74, 6) is 0.851. The molecule has 0 aliphatic rings. The summed E-state index contributed by atoms with van der Waals surface area (Å²) in [5.41, 5.74) is 0. The molecule has 0 radical (unpaired) electrons. The van der Waals surface area contributed by atoms with Crippen LogP contribution in [-0.4, -0.2) is 23.3 Å². The van der Waals surface area contributed by atoms with Crippen molar-refractivity contribution in [2.75, 3.05) is 7.11 Å². The van der Waals surface area contributed by atoms with Crippen molar-refractivity contribution in [2.45, 2.75) is 24.3 Å². The van der Waals surface area contributed by atoms with Gasteiger partial charge in [-0.25, -0.2) is 4.79 Å². The summed E-state index contributed by atoms with van der Waals surface area (Å²) in [6.45, 7) is 3.65. The molecule has 0 N–H and O–H groups in total. The van der Waals surface area contributed by atoms with Gasteiger partial charge >= 0.3 is 5.97 Å². The van der Waals surface area contributed by atoms with Crippen LogP contribution in [0.3, 0.4) is 0 Å². The molecule has 0 spiro atoms. The molecule has 96 valence electrons. The number of rotatable bonds is 4. The smallest absolute Gasteiger partial charge is 0.373 e.